The van der Waals surface area contributed by atoms with E-state index in [2.05, 4.69) is 31.2 Å². The molecule has 4 aromatic rings. The van der Waals surface area contributed by atoms with E-state index in [9.17, 15) is 27.6 Å². The van der Waals surface area contributed by atoms with Crippen molar-refractivity contribution in [1.82, 2.24) is 15.3 Å². The van der Waals surface area contributed by atoms with Gasteiger partial charge in [0.25, 0.3) is 11.8 Å². The molecule has 4 amide bonds. The molecule has 210 valence electrons. The molecule has 10 nitrogen and oxygen atoms in total. The second-order valence-corrected chi connectivity index (χ2v) is 8.63. The molecule has 0 aliphatic heterocycles. The Bertz CT molecular complexity index is 1580. The summed E-state index contributed by atoms with van der Waals surface area (Å²) in [7, 11) is 1.47. The van der Waals surface area contributed by atoms with Crippen LogP contribution in [0.25, 0.3) is 0 Å². The van der Waals surface area contributed by atoms with Gasteiger partial charge in [0.2, 0.25) is 0 Å². The normalized spacial score (nSPS) is 10.9. The summed E-state index contributed by atoms with van der Waals surface area (Å²) in [5.41, 5.74) is -1.07. The minimum Gasteiger partial charge on any atom is -0.457 e. The van der Waals surface area contributed by atoms with Crippen LogP contribution in [-0.2, 0) is 6.18 Å². The molecule has 0 spiro atoms. The first kappa shape index (κ1) is 28.8. The molecule has 0 radical (unpaired) electrons. The number of carbonyl (C=O) groups excluding carboxylic acids is 3. The third-order valence-corrected chi connectivity index (χ3v) is 5.70. The number of halogens is 4. The molecule has 2 aromatic heterocycles. The number of hydrogen-bond donors (Lipinski definition) is 4. The van der Waals surface area contributed by atoms with Crippen molar-refractivity contribution in [2.24, 2.45) is 0 Å². The zero-order valence-corrected chi connectivity index (χ0v) is 21.8. The summed E-state index contributed by atoms with van der Waals surface area (Å²) in [6.07, 6.45) is -0.661. The van der Waals surface area contributed by atoms with Gasteiger partial charge < -0.3 is 26.0 Å². The lowest BCUT2D eigenvalue weighted by molar-refractivity contribution is -0.137. The number of pyridine rings is 2. The largest absolute Gasteiger partial charge is 0.457 e. The summed E-state index contributed by atoms with van der Waals surface area (Å²) in [6.45, 7) is 0. The number of alkyl halides is 3. The number of anilines is 3. The number of benzene rings is 2. The Morgan fingerprint density at radius 3 is 2.15 bits per heavy atom. The first-order chi connectivity index (χ1) is 19.5. The summed E-state index contributed by atoms with van der Waals surface area (Å²) in [4.78, 5) is 44.8. The highest BCUT2D eigenvalue weighted by molar-refractivity contribution is 6.32. The van der Waals surface area contributed by atoms with Gasteiger partial charge in [-0.25, -0.2) is 4.79 Å². The lowest BCUT2D eigenvalue weighted by atomic mass is 10.1. The molecule has 0 saturated heterocycles. The summed E-state index contributed by atoms with van der Waals surface area (Å²) in [5, 5.41) is 9.06. The molecule has 0 aliphatic rings. The van der Waals surface area contributed by atoms with E-state index in [1.807, 2.05) is 0 Å². The molecular formula is C27H20ClF3N6O4. The van der Waals surface area contributed by atoms with Gasteiger partial charge in [0.15, 0.2) is 0 Å². The van der Waals surface area contributed by atoms with E-state index in [4.69, 9.17) is 16.3 Å². The van der Waals surface area contributed by atoms with Crippen molar-refractivity contribution in [3.8, 4) is 11.5 Å². The number of urea groups is 1. The molecule has 0 bridgehead atoms. The third kappa shape index (κ3) is 7.48. The SMILES string of the molecule is CNC(=O)c1cc(Oc2ccc(NC(=O)Nc3cc(C(F)(F)F)c(Cl)cc3NC(=O)c3ccncc3)cc2)ccn1. The van der Waals surface area contributed by atoms with Crippen LogP contribution in [0.15, 0.2) is 79.3 Å². The molecule has 2 heterocycles. The average Bonchev–Trinajstić information content (AvgIpc) is 2.95. The molecule has 4 N–H and O–H groups in total. The maximum Gasteiger partial charge on any atom is 0.417 e. The summed E-state index contributed by atoms with van der Waals surface area (Å²) in [5.74, 6) is -0.316. The van der Waals surface area contributed by atoms with Gasteiger partial charge in [-0.3, -0.25) is 19.6 Å². The first-order valence-corrected chi connectivity index (χ1v) is 12.1. The van der Waals surface area contributed by atoms with E-state index >= 15 is 0 Å². The quantitative estimate of drug-likeness (QED) is 0.204. The van der Waals surface area contributed by atoms with Crippen molar-refractivity contribution >= 4 is 46.5 Å². The van der Waals surface area contributed by atoms with Gasteiger partial charge in [-0.1, -0.05) is 11.6 Å². The summed E-state index contributed by atoms with van der Waals surface area (Å²) >= 11 is 5.84. The predicted molar refractivity (Wildman–Crippen MR) is 145 cm³/mol. The molecule has 0 unspecified atom stereocenters. The van der Waals surface area contributed by atoms with E-state index in [0.29, 0.717) is 17.6 Å². The van der Waals surface area contributed by atoms with Crippen LogP contribution in [-0.4, -0.2) is 34.9 Å². The van der Waals surface area contributed by atoms with Crippen molar-refractivity contribution in [3.63, 3.8) is 0 Å². The van der Waals surface area contributed by atoms with Gasteiger partial charge in [-0.15, -0.1) is 0 Å². The maximum absolute atomic E-state index is 13.5. The third-order valence-electron chi connectivity index (χ3n) is 5.39. The van der Waals surface area contributed by atoms with Gasteiger partial charge in [0.05, 0.1) is 22.0 Å². The van der Waals surface area contributed by atoms with E-state index < -0.39 is 28.7 Å². The monoisotopic (exact) mass is 584 g/mol. The second kappa shape index (κ2) is 12.3. The molecule has 0 fully saturated rings. The zero-order chi connectivity index (χ0) is 29.6. The predicted octanol–water partition coefficient (Wildman–Crippen LogP) is 6.20. The highest BCUT2D eigenvalue weighted by Crippen LogP contribution is 2.39. The summed E-state index contributed by atoms with van der Waals surface area (Å²) in [6, 6.07) is 12.5. The lowest BCUT2D eigenvalue weighted by Crippen LogP contribution is -2.22. The maximum atomic E-state index is 13.5. The topological polar surface area (TPSA) is 134 Å². The molecule has 41 heavy (non-hydrogen) atoms. The van der Waals surface area contributed by atoms with Crippen LogP contribution < -0.4 is 26.0 Å². The molecule has 2 aromatic carbocycles. The van der Waals surface area contributed by atoms with Crippen molar-refractivity contribution in [1.29, 1.82) is 0 Å². The Hall–Kier alpha value is -5.17. The van der Waals surface area contributed by atoms with Gasteiger partial charge in [-0.05, 0) is 54.6 Å². The van der Waals surface area contributed by atoms with Crippen LogP contribution in [0.3, 0.4) is 0 Å². The Labute approximate surface area is 235 Å². The Kier molecular flexibility index (Phi) is 8.68. The molecule has 4 rings (SSSR count). The Morgan fingerprint density at radius 2 is 1.49 bits per heavy atom. The minimum atomic E-state index is -4.82. The summed E-state index contributed by atoms with van der Waals surface area (Å²) < 4.78 is 46.2. The number of nitrogens with zero attached hydrogens (tertiary/aromatic N) is 2. The van der Waals surface area contributed by atoms with Crippen LogP contribution >= 0.6 is 11.6 Å². The van der Waals surface area contributed by atoms with Crippen LogP contribution in [0.1, 0.15) is 26.4 Å². The molecule has 0 saturated carbocycles. The minimum absolute atomic E-state index is 0.155. The van der Waals surface area contributed by atoms with Crippen LogP contribution in [0, 0.1) is 0 Å². The molecule has 14 heteroatoms. The first-order valence-electron chi connectivity index (χ1n) is 11.7. The molecule has 0 atom stereocenters. The number of amides is 4. The number of ether oxygens (including phenoxy) is 1. The van der Waals surface area contributed by atoms with Crippen molar-refractivity contribution < 1.29 is 32.3 Å². The van der Waals surface area contributed by atoms with E-state index in [1.165, 1.54) is 68.1 Å². The lowest BCUT2D eigenvalue weighted by Gasteiger charge is -2.17. The van der Waals surface area contributed by atoms with Gasteiger partial charge >= 0.3 is 12.2 Å². The fourth-order valence-corrected chi connectivity index (χ4v) is 3.72. The van der Waals surface area contributed by atoms with Gasteiger partial charge in [0, 0.05) is 43.0 Å². The van der Waals surface area contributed by atoms with Gasteiger partial charge in [0.1, 0.15) is 17.2 Å². The standard InChI is InChI=1S/C27H20ClF3N6O4/c1-32-25(39)23-12-18(8-11-34-23)41-17-4-2-16(3-5-17)35-26(40)37-21-13-19(27(29,30)31)20(28)14-22(21)36-24(38)15-6-9-33-10-7-15/h2-14H,1H3,(H,32,39)(H,36,38)(H2,35,37,40). The number of rotatable bonds is 7. The van der Waals surface area contributed by atoms with Crippen molar-refractivity contribution in [2.75, 3.05) is 23.0 Å². The van der Waals surface area contributed by atoms with Gasteiger partial charge in [-0.2, -0.15) is 13.2 Å². The second-order valence-electron chi connectivity index (χ2n) is 8.23. The average molecular weight is 585 g/mol. The number of aromatic nitrogens is 2. The fraction of sp³-hybridized carbons (Fsp3) is 0.0741. The van der Waals surface area contributed by atoms with Crippen LogP contribution in [0.2, 0.25) is 5.02 Å². The Balaban J connectivity index is 1.49. The molecular weight excluding hydrogens is 565 g/mol. The van der Waals surface area contributed by atoms with Crippen molar-refractivity contribution in [2.45, 2.75) is 6.18 Å². The van der Waals surface area contributed by atoms with E-state index in [1.54, 1.807) is 6.07 Å². The van der Waals surface area contributed by atoms with Crippen LogP contribution in [0.4, 0.5) is 35.0 Å². The van der Waals surface area contributed by atoms with Crippen molar-refractivity contribution in [3.05, 3.63) is 101 Å². The van der Waals surface area contributed by atoms with E-state index in [-0.39, 0.29) is 34.2 Å². The van der Waals surface area contributed by atoms with Crippen LogP contribution in [0.5, 0.6) is 11.5 Å². The van der Waals surface area contributed by atoms with E-state index in [0.717, 1.165) is 6.07 Å². The number of nitrogens with one attached hydrogen (secondary N) is 4. The zero-order valence-electron chi connectivity index (χ0n) is 21.0. The number of hydrogen-bond acceptors (Lipinski definition) is 6. The highest BCUT2D eigenvalue weighted by atomic mass is 35.5. The smallest absolute Gasteiger partial charge is 0.417 e. The number of carbonyl (C=O) groups is 3. The Morgan fingerprint density at radius 1 is 0.805 bits per heavy atom. The fourth-order valence-electron chi connectivity index (χ4n) is 3.45. The molecule has 0 aliphatic carbocycles. The highest BCUT2D eigenvalue weighted by Gasteiger charge is 2.34.